The van der Waals surface area contributed by atoms with E-state index in [1.807, 2.05) is 31.2 Å². The van der Waals surface area contributed by atoms with Gasteiger partial charge < -0.3 is 0 Å². The van der Waals surface area contributed by atoms with Crippen LogP contribution >= 0.6 is 11.8 Å². The normalized spacial score (nSPS) is 12.3. The fourth-order valence-corrected chi connectivity index (χ4v) is 2.83. The van der Waals surface area contributed by atoms with Crippen molar-refractivity contribution in [3.05, 3.63) is 58.8 Å². The summed E-state index contributed by atoms with van der Waals surface area (Å²) in [5.41, 5.74) is 7.29. The second-order valence-corrected chi connectivity index (χ2v) is 6.75. The van der Waals surface area contributed by atoms with E-state index in [4.69, 9.17) is 0 Å². The Balaban J connectivity index is 1.95. The largest absolute Gasteiger partial charge is 0.272 e. The first-order valence-corrected chi connectivity index (χ1v) is 8.34. The summed E-state index contributed by atoms with van der Waals surface area (Å²) >= 11 is 1.41. The van der Waals surface area contributed by atoms with E-state index in [0.717, 1.165) is 10.6 Å². The number of benzene rings is 1. The smallest absolute Gasteiger partial charge is 0.253 e. The third-order valence-electron chi connectivity index (χ3n) is 3.78. The molecule has 0 spiro atoms. The first kappa shape index (κ1) is 17.2. The number of aryl methyl sites for hydroxylation is 1. The number of hydrogen-bond acceptors (Lipinski definition) is 4. The average Bonchev–Trinajstić information content (AvgIpc) is 2.55. The van der Waals surface area contributed by atoms with E-state index >= 15 is 0 Å². The summed E-state index contributed by atoms with van der Waals surface area (Å²) in [4.78, 5) is 16.3. The molecule has 1 aromatic carbocycles. The van der Waals surface area contributed by atoms with Crippen LogP contribution in [0.4, 0.5) is 0 Å². The van der Waals surface area contributed by atoms with Crippen LogP contribution in [0.1, 0.15) is 29.2 Å². The second kappa shape index (κ2) is 7.92. The van der Waals surface area contributed by atoms with E-state index in [0.29, 0.717) is 0 Å². The number of carbonyl (C=O) groups is 1. The van der Waals surface area contributed by atoms with E-state index in [1.54, 1.807) is 12.4 Å². The molecule has 0 aliphatic rings. The Labute approximate surface area is 141 Å². The number of rotatable bonds is 5. The molecule has 5 heteroatoms. The minimum atomic E-state index is -0.261. The number of pyridine rings is 1. The first-order chi connectivity index (χ1) is 11.0. The molecule has 0 fully saturated rings. The van der Waals surface area contributed by atoms with E-state index in [1.165, 1.54) is 28.5 Å². The zero-order chi connectivity index (χ0) is 16.8. The predicted molar refractivity (Wildman–Crippen MR) is 95.9 cm³/mol. The van der Waals surface area contributed by atoms with Crippen molar-refractivity contribution >= 4 is 23.9 Å². The Morgan fingerprint density at radius 3 is 2.70 bits per heavy atom. The number of hydrogen-bond donors (Lipinski definition) is 1. The molecule has 1 N–H and O–H groups in total. The third kappa shape index (κ3) is 4.66. The molecular formula is C18H21N3OS. The topological polar surface area (TPSA) is 54.4 Å². The van der Waals surface area contributed by atoms with E-state index in [9.17, 15) is 4.79 Å². The van der Waals surface area contributed by atoms with Crippen molar-refractivity contribution in [3.8, 4) is 0 Å². The van der Waals surface area contributed by atoms with Gasteiger partial charge in [0.05, 0.1) is 16.5 Å². The Bertz CT molecular complexity index is 714. The zero-order valence-corrected chi connectivity index (χ0v) is 14.6. The maximum atomic E-state index is 12.1. The van der Waals surface area contributed by atoms with Crippen LogP contribution in [0.2, 0.25) is 0 Å². The molecule has 120 valence electrons. The van der Waals surface area contributed by atoms with Gasteiger partial charge in [0.1, 0.15) is 0 Å². The molecule has 0 aliphatic carbocycles. The van der Waals surface area contributed by atoms with E-state index in [-0.39, 0.29) is 11.2 Å². The standard InChI is InChI=1S/C18H21N3OS/c1-12-8-9-16(14(3)13(12)2)11-20-21-18(22)15(4)23-17-7-5-6-10-19-17/h5-11,15H,1-4H3,(H,21,22). The molecule has 0 saturated heterocycles. The summed E-state index contributed by atoms with van der Waals surface area (Å²) in [6.45, 7) is 8.07. The highest BCUT2D eigenvalue weighted by Gasteiger charge is 2.14. The summed E-state index contributed by atoms with van der Waals surface area (Å²) in [6.07, 6.45) is 3.41. The van der Waals surface area contributed by atoms with Crippen molar-refractivity contribution in [1.29, 1.82) is 0 Å². The van der Waals surface area contributed by atoms with Gasteiger partial charge in [0.15, 0.2) is 0 Å². The monoisotopic (exact) mass is 327 g/mol. The number of aromatic nitrogens is 1. The summed E-state index contributed by atoms with van der Waals surface area (Å²) in [5, 5.41) is 4.64. The summed E-state index contributed by atoms with van der Waals surface area (Å²) in [6, 6.07) is 9.71. The van der Waals surface area contributed by atoms with Gasteiger partial charge in [-0.05, 0) is 62.1 Å². The van der Waals surface area contributed by atoms with Gasteiger partial charge in [-0.2, -0.15) is 5.10 Å². The van der Waals surface area contributed by atoms with E-state index < -0.39 is 0 Å². The third-order valence-corrected chi connectivity index (χ3v) is 4.83. The molecule has 2 rings (SSSR count). The fourth-order valence-electron chi connectivity index (χ4n) is 2.02. The van der Waals surface area contributed by atoms with Crippen LogP contribution in [0.25, 0.3) is 0 Å². The molecule has 2 aromatic rings. The molecule has 4 nitrogen and oxygen atoms in total. The molecule has 1 aromatic heterocycles. The Morgan fingerprint density at radius 1 is 1.22 bits per heavy atom. The maximum Gasteiger partial charge on any atom is 0.253 e. The molecule has 0 radical (unpaired) electrons. The van der Waals surface area contributed by atoms with Crippen LogP contribution in [0.5, 0.6) is 0 Å². The van der Waals surface area contributed by atoms with Gasteiger partial charge >= 0.3 is 0 Å². The van der Waals surface area contributed by atoms with Gasteiger partial charge in [-0.3, -0.25) is 4.79 Å². The van der Waals surface area contributed by atoms with Crippen molar-refractivity contribution in [3.63, 3.8) is 0 Å². The Kier molecular flexibility index (Phi) is 5.93. The fraction of sp³-hybridized carbons (Fsp3) is 0.278. The van der Waals surface area contributed by atoms with Gasteiger partial charge in [-0.25, -0.2) is 10.4 Å². The van der Waals surface area contributed by atoms with Gasteiger partial charge in [0.2, 0.25) is 0 Å². The molecule has 0 aliphatic heterocycles. The number of hydrazone groups is 1. The summed E-state index contributed by atoms with van der Waals surface area (Å²) in [5.74, 6) is -0.140. The van der Waals surface area contributed by atoms with Gasteiger partial charge in [-0.15, -0.1) is 0 Å². The molecular weight excluding hydrogens is 306 g/mol. The van der Waals surface area contributed by atoms with Crippen LogP contribution in [0.3, 0.4) is 0 Å². The van der Waals surface area contributed by atoms with Crippen LogP contribution in [0, 0.1) is 20.8 Å². The van der Waals surface area contributed by atoms with Crippen LogP contribution in [-0.4, -0.2) is 22.4 Å². The lowest BCUT2D eigenvalue weighted by Crippen LogP contribution is -2.26. The molecule has 1 heterocycles. The van der Waals surface area contributed by atoms with E-state index in [2.05, 4.69) is 42.3 Å². The van der Waals surface area contributed by atoms with Crippen LogP contribution in [0.15, 0.2) is 46.7 Å². The van der Waals surface area contributed by atoms with Crippen molar-refractivity contribution in [2.45, 2.75) is 38.0 Å². The van der Waals surface area contributed by atoms with Crippen LogP contribution in [-0.2, 0) is 4.79 Å². The Morgan fingerprint density at radius 2 is 2.00 bits per heavy atom. The molecule has 1 unspecified atom stereocenters. The number of thioether (sulfide) groups is 1. The molecule has 0 saturated carbocycles. The molecule has 1 amide bonds. The van der Waals surface area contributed by atoms with Crippen molar-refractivity contribution in [2.24, 2.45) is 5.10 Å². The Hall–Kier alpha value is -2.14. The van der Waals surface area contributed by atoms with Gasteiger partial charge in [0, 0.05) is 6.20 Å². The lowest BCUT2D eigenvalue weighted by atomic mass is 10.00. The van der Waals surface area contributed by atoms with Gasteiger partial charge in [-0.1, -0.05) is 30.0 Å². The SMILES string of the molecule is Cc1ccc(C=NNC(=O)C(C)Sc2ccccn2)c(C)c1C. The summed E-state index contributed by atoms with van der Waals surface area (Å²) < 4.78 is 0. The van der Waals surface area contributed by atoms with Crippen molar-refractivity contribution in [1.82, 2.24) is 10.4 Å². The highest BCUT2D eigenvalue weighted by Crippen LogP contribution is 2.20. The maximum absolute atomic E-state index is 12.1. The minimum absolute atomic E-state index is 0.140. The van der Waals surface area contributed by atoms with Crippen molar-refractivity contribution < 1.29 is 4.79 Å². The quantitative estimate of drug-likeness (QED) is 0.518. The first-order valence-electron chi connectivity index (χ1n) is 7.46. The lowest BCUT2D eigenvalue weighted by Gasteiger charge is -2.09. The molecule has 23 heavy (non-hydrogen) atoms. The number of amides is 1. The number of nitrogens with one attached hydrogen (secondary N) is 1. The van der Waals surface area contributed by atoms with Crippen molar-refractivity contribution in [2.75, 3.05) is 0 Å². The second-order valence-electron chi connectivity index (χ2n) is 5.38. The zero-order valence-electron chi connectivity index (χ0n) is 13.8. The highest BCUT2D eigenvalue weighted by atomic mass is 32.2. The predicted octanol–water partition coefficient (Wildman–Crippen LogP) is 3.64. The minimum Gasteiger partial charge on any atom is -0.272 e. The summed E-state index contributed by atoms with van der Waals surface area (Å²) in [7, 11) is 0. The lowest BCUT2D eigenvalue weighted by molar-refractivity contribution is -0.120. The van der Waals surface area contributed by atoms with Crippen LogP contribution < -0.4 is 5.43 Å². The molecule has 1 atom stereocenters. The highest BCUT2D eigenvalue weighted by molar-refractivity contribution is 8.00. The number of nitrogens with zero attached hydrogens (tertiary/aromatic N) is 2. The van der Waals surface area contributed by atoms with Gasteiger partial charge in [0.25, 0.3) is 5.91 Å². The number of carbonyl (C=O) groups excluding carboxylic acids is 1. The average molecular weight is 327 g/mol. The molecule has 0 bridgehead atoms.